The summed E-state index contributed by atoms with van der Waals surface area (Å²) in [7, 11) is 4.87. The van der Waals surface area contributed by atoms with Crippen molar-refractivity contribution in [2.45, 2.75) is 32.2 Å². The van der Waals surface area contributed by atoms with Gasteiger partial charge in [-0.05, 0) is 43.9 Å². The van der Waals surface area contributed by atoms with Crippen molar-refractivity contribution in [1.29, 1.82) is 0 Å². The first-order chi connectivity index (χ1) is 16.1. The molecule has 1 N–H and O–H groups in total. The fraction of sp³-hybridized carbons (Fsp3) is 0.346. The zero-order chi connectivity index (χ0) is 23.2. The van der Waals surface area contributed by atoms with E-state index in [1.807, 2.05) is 48.5 Å². The van der Waals surface area contributed by atoms with E-state index in [1.165, 1.54) is 0 Å². The molecule has 2 aromatic carbocycles. The van der Waals surface area contributed by atoms with E-state index in [9.17, 15) is 4.79 Å². The lowest BCUT2D eigenvalue weighted by atomic mass is 9.98. The molecular formula is C26H29N3O4. The summed E-state index contributed by atoms with van der Waals surface area (Å²) in [5.41, 5.74) is 3.79. The Bertz CT molecular complexity index is 1120. The molecule has 1 atom stereocenters. The van der Waals surface area contributed by atoms with E-state index in [-0.39, 0.29) is 11.8 Å². The van der Waals surface area contributed by atoms with Crippen LogP contribution in [0.15, 0.2) is 48.5 Å². The van der Waals surface area contributed by atoms with Crippen LogP contribution >= 0.6 is 0 Å². The summed E-state index contributed by atoms with van der Waals surface area (Å²) in [6.45, 7) is 0.379. The summed E-state index contributed by atoms with van der Waals surface area (Å²) in [6, 6.07) is 15.4. The molecule has 1 heterocycles. The predicted molar refractivity (Wildman–Crippen MR) is 126 cm³/mol. The van der Waals surface area contributed by atoms with Crippen molar-refractivity contribution in [2.75, 3.05) is 21.3 Å². The molecule has 0 bridgehead atoms. The molecule has 1 aliphatic carbocycles. The second-order valence-corrected chi connectivity index (χ2v) is 8.02. The van der Waals surface area contributed by atoms with Gasteiger partial charge in [0.2, 0.25) is 11.8 Å². The molecule has 0 saturated heterocycles. The zero-order valence-electron chi connectivity index (χ0n) is 19.3. The van der Waals surface area contributed by atoms with Gasteiger partial charge in [-0.15, -0.1) is 0 Å². The van der Waals surface area contributed by atoms with Crippen molar-refractivity contribution in [3.05, 3.63) is 65.4 Å². The lowest BCUT2D eigenvalue weighted by Gasteiger charge is -2.16. The van der Waals surface area contributed by atoms with Crippen LogP contribution in [-0.4, -0.2) is 37.2 Å². The number of methoxy groups -OCH3 is 3. The van der Waals surface area contributed by atoms with Crippen LogP contribution in [0.25, 0.3) is 11.4 Å². The first-order valence-electron chi connectivity index (χ1n) is 11.1. The molecule has 0 radical (unpaired) electrons. The van der Waals surface area contributed by atoms with Crippen molar-refractivity contribution in [3.8, 4) is 28.8 Å². The van der Waals surface area contributed by atoms with E-state index >= 15 is 0 Å². The van der Waals surface area contributed by atoms with E-state index in [0.29, 0.717) is 31.1 Å². The summed E-state index contributed by atoms with van der Waals surface area (Å²) >= 11 is 0. The Morgan fingerprint density at radius 1 is 0.970 bits per heavy atom. The Morgan fingerprint density at radius 3 is 2.48 bits per heavy atom. The van der Waals surface area contributed by atoms with Crippen LogP contribution in [-0.2, 0) is 24.2 Å². The SMILES string of the molecule is COc1ccc(OC)c(CNC(=O)C2CCc3nc(-c4ccccc4)nc(OC)c3CC2)c1. The van der Waals surface area contributed by atoms with E-state index in [0.717, 1.165) is 46.7 Å². The molecule has 0 aliphatic heterocycles. The highest BCUT2D eigenvalue weighted by Crippen LogP contribution is 2.31. The van der Waals surface area contributed by atoms with E-state index < -0.39 is 0 Å². The summed E-state index contributed by atoms with van der Waals surface area (Å²) in [6.07, 6.45) is 2.85. The third kappa shape index (κ3) is 5.08. The molecule has 1 aromatic heterocycles. The number of amides is 1. The number of fused-ring (bicyclic) bond motifs is 1. The molecular weight excluding hydrogens is 418 g/mol. The number of aryl methyl sites for hydroxylation is 1. The van der Waals surface area contributed by atoms with Crippen molar-refractivity contribution >= 4 is 5.91 Å². The fourth-order valence-corrected chi connectivity index (χ4v) is 4.23. The number of carbonyl (C=O) groups excluding carboxylic acids is 1. The quantitative estimate of drug-likeness (QED) is 0.552. The van der Waals surface area contributed by atoms with Crippen LogP contribution in [0.5, 0.6) is 17.4 Å². The van der Waals surface area contributed by atoms with E-state index in [4.69, 9.17) is 19.2 Å². The number of benzene rings is 2. The van der Waals surface area contributed by atoms with Gasteiger partial charge in [0, 0.05) is 29.2 Å². The maximum absolute atomic E-state index is 13.0. The number of carbonyl (C=O) groups is 1. The molecule has 7 nitrogen and oxygen atoms in total. The molecule has 0 saturated carbocycles. The average Bonchev–Trinajstić information content (AvgIpc) is 3.09. The van der Waals surface area contributed by atoms with Crippen LogP contribution in [0, 0.1) is 5.92 Å². The number of nitrogens with zero attached hydrogens (tertiary/aromatic N) is 2. The second kappa shape index (κ2) is 10.3. The third-order valence-electron chi connectivity index (χ3n) is 6.06. The minimum absolute atomic E-state index is 0.0305. The zero-order valence-corrected chi connectivity index (χ0v) is 19.3. The summed E-state index contributed by atoms with van der Waals surface area (Å²) < 4.78 is 16.3. The first kappa shape index (κ1) is 22.6. The molecule has 1 aliphatic rings. The Hall–Kier alpha value is -3.61. The highest BCUT2D eigenvalue weighted by atomic mass is 16.5. The molecule has 172 valence electrons. The maximum Gasteiger partial charge on any atom is 0.223 e. The number of nitrogens with one attached hydrogen (secondary N) is 1. The maximum atomic E-state index is 13.0. The van der Waals surface area contributed by atoms with Crippen molar-refractivity contribution in [3.63, 3.8) is 0 Å². The smallest absolute Gasteiger partial charge is 0.223 e. The lowest BCUT2D eigenvalue weighted by molar-refractivity contribution is -0.125. The minimum atomic E-state index is -0.110. The number of hydrogen-bond donors (Lipinski definition) is 1. The molecule has 0 spiro atoms. The van der Waals surface area contributed by atoms with Crippen LogP contribution in [0.2, 0.25) is 0 Å². The van der Waals surface area contributed by atoms with Crippen LogP contribution in [0.1, 0.15) is 29.7 Å². The standard InChI is InChI=1S/C26H29N3O4/c1-31-20-11-14-23(32-2)19(15-20)16-27-25(30)18-9-12-21-22(13-10-18)28-24(29-26(21)33-3)17-7-5-4-6-8-17/h4-8,11,14-15,18H,9-10,12-13,16H2,1-3H3,(H,27,30). The van der Waals surface area contributed by atoms with Crippen LogP contribution < -0.4 is 19.5 Å². The number of rotatable bonds is 7. The largest absolute Gasteiger partial charge is 0.497 e. The normalized spacial score (nSPS) is 15.2. The van der Waals surface area contributed by atoms with E-state index in [1.54, 1.807) is 21.3 Å². The number of aromatic nitrogens is 2. The van der Waals surface area contributed by atoms with Gasteiger partial charge in [0.25, 0.3) is 0 Å². The van der Waals surface area contributed by atoms with Crippen LogP contribution in [0.3, 0.4) is 0 Å². The van der Waals surface area contributed by atoms with Gasteiger partial charge in [0.05, 0.1) is 27.0 Å². The summed E-state index contributed by atoms with van der Waals surface area (Å²) in [5.74, 6) is 2.62. The Kier molecular flexibility index (Phi) is 7.07. The van der Waals surface area contributed by atoms with Crippen molar-refractivity contribution < 1.29 is 19.0 Å². The van der Waals surface area contributed by atoms with E-state index in [2.05, 4.69) is 10.3 Å². The Balaban J connectivity index is 1.47. The van der Waals surface area contributed by atoms with Gasteiger partial charge in [-0.25, -0.2) is 4.98 Å². The third-order valence-corrected chi connectivity index (χ3v) is 6.06. The van der Waals surface area contributed by atoms with Gasteiger partial charge < -0.3 is 19.5 Å². The summed E-state index contributed by atoms with van der Waals surface area (Å²) in [5, 5.41) is 3.07. The monoisotopic (exact) mass is 447 g/mol. The highest BCUT2D eigenvalue weighted by Gasteiger charge is 2.26. The van der Waals surface area contributed by atoms with Gasteiger partial charge >= 0.3 is 0 Å². The molecule has 3 aromatic rings. The van der Waals surface area contributed by atoms with Gasteiger partial charge in [-0.3, -0.25) is 4.79 Å². The first-order valence-corrected chi connectivity index (χ1v) is 11.1. The molecule has 7 heteroatoms. The summed E-state index contributed by atoms with van der Waals surface area (Å²) in [4.78, 5) is 22.5. The van der Waals surface area contributed by atoms with Gasteiger partial charge in [-0.2, -0.15) is 4.98 Å². The second-order valence-electron chi connectivity index (χ2n) is 8.02. The lowest BCUT2D eigenvalue weighted by Crippen LogP contribution is -2.30. The fourth-order valence-electron chi connectivity index (χ4n) is 4.23. The van der Waals surface area contributed by atoms with Crippen molar-refractivity contribution in [2.24, 2.45) is 5.92 Å². The topological polar surface area (TPSA) is 82.6 Å². The molecule has 33 heavy (non-hydrogen) atoms. The Labute approximate surface area is 194 Å². The average molecular weight is 448 g/mol. The predicted octanol–water partition coefficient (Wildman–Crippen LogP) is 3.98. The minimum Gasteiger partial charge on any atom is -0.497 e. The molecule has 1 amide bonds. The van der Waals surface area contributed by atoms with Gasteiger partial charge in [-0.1, -0.05) is 30.3 Å². The van der Waals surface area contributed by atoms with Gasteiger partial charge in [0.15, 0.2) is 5.82 Å². The number of ether oxygens (including phenoxy) is 3. The molecule has 4 rings (SSSR count). The van der Waals surface area contributed by atoms with Gasteiger partial charge in [0.1, 0.15) is 11.5 Å². The molecule has 0 fully saturated rings. The Morgan fingerprint density at radius 2 is 1.76 bits per heavy atom. The molecule has 1 unspecified atom stereocenters. The number of hydrogen-bond acceptors (Lipinski definition) is 6. The highest BCUT2D eigenvalue weighted by molar-refractivity contribution is 5.79. The van der Waals surface area contributed by atoms with Crippen LogP contribution in [0.4, 0.5) is 0 Å². The van der Waals surface area contributed by atoms with Crippen molar-refractivity contribution in [1.82, 2.24) is 15.3 Å².